The van der Waals surface area contributed by atoms with Crippen molar-refractivity contribution in [1.29, 1.82) is 0 Å². The van der Waals surface area contributed by atoms with Gasteiger partial charge >= 0.3 is 5.69 Å². The first-order valence-electron chi connectivity index (χ1n) is 5.48. The third kappa shape index (κ3) is 3.19. The summed E-state index contributed by atoms with van der Waals surface area (Å²) in [5.41, 5.74) is -0.163. The van der Waals surface area contributed by atoms with Crippen LogP contribution in [0.4, 0.5) is 5.69 Å². The highest BCUT2D eigenvalue weighted by molar-refractivity contribution is 6.30. The van der Waals surface area contributed by atoms with Crippen molar-refractivity contribution in [1.82, 2.24) is 10.1 Å². The van der Waals surface area contributed by atoms with Gasteiger partial charge in [-0.05, 0) is 6.07 Å². The zero-order chi connectivity index (χ0) is 13.8. The smallest absolute Gasteiger partial charge is 0.311 e. The molecule has 0 atom stereocenters. The molecule has 0 fully saturated rings. The maximum absolute atomic E-state index is 10.8. The van der Waals surface area contributed by atoms with E-state index >= 15 is 0 Å². The zero-order valence-electron chi connectivity index (χ0n) is 10.00. The maximum atomic E-state index is 10.8. The number of rotatable bonds is 5. The molecule has 1 aromatic heterocycles. The van der Waals surface area contributed by atoms with E-state index in [0.717, 1.165) is 0 Å². The number of ether oxygens (including phenoxy) is 1. The van der Waals surface area contributed by atoms with E-state index in [1.54, 1.807) is 0 Å². The second-order valence-corrected chi connectivity index (χ2v) is 4.05. The number of aromatic nitrogens is 2. The quantitative estimate of drug-likeness (QED) is 0.619. The summed E-state index contributed by atoms with van der Waals surface area (Å²) in [5, 5.41) is 14.9. The number of halogens is 1. The third-order valence-corrected chi connectivity index (χ3v) is 2.52. The minimum Gasteiger partial charge on any atom is -0.478 e. The molecular weight excluding hydrogens is 274 g/mol. The van der Waals surface area contributed by atoms with Crippen LogP contribution >= 0.6 is 11.6 Å². The van der Waals surface area contributed by atoms with Gasteiger partial charge in [0.1, 0.15) is 0 Å². The molecule has 1 aromatic carbocycles. The molecule has 0 spiro atoms. The molecule has 1 heterocycles. The van der Waals surface area contributed by atoms with E-state index in [4.69, 9.17) is 20.9 Å². The lowest BCUT2D eigenvalue weighted by molar-refractivity contribution is -0.385. The molecule has 0 saturated carbocycles. The van der Waals surface area contributed by atoms with E-state index in [9.17, 15) is 10.1 Å². The Morgan fingerprint density at radius 2 is 2.32 bits per heavy atom. The van der Waals surface area contributed by atoms with Gasteiger partial charge in [-0.25, -0.2) is 0 Å². The summed E-state index contributed by atoms with van der Waals surface area (Å²) in [6.07, 6.45) is 0.615. The van der Waals surface area contributed by atoms with Crippen molar-refractivity contribution >= 4 is 17.3 Å². The molecule has 0 amide bonds. The summed E-state index contributed by atoms with van der Waals surface area (Å²) in [6, 6.07) is 4.09. The highest BCUT2D eigenvalue weighted by atomic mass is 35.5. The second kappa shape index (κ2) is 5.66. The van der Waals surface area contributed by atoms with Gasteiger partial charge in [0.15, 0.2) is 12.4 Å². The summed E-state index contributed by atoms with van der Waals surface area (Å²) in [4.78, 5) is 14.3. The van der Waals surface area contributed by atoms with Crippen molar-refractivity contribution < 1.29 is 14.2 Å². The van der Waals surface area contributed by atoms with Gasteiger partial charge < -0.3 is 9.26 Å². The van der Waals surface area contributed by atoms with Crippen LogP contribution in [0, 0.1) is 10.1 Å². The lowest BCUT2D eigenvalue weighted by atomic mass is 10.3. The highest BCUT2D eigenvalue weighted by Crippen LogP contribution is 2.30. The van der Waals surface area contributed by atoms with Crippen molar-refractivity contribution in [2.45, 2.75) is 20.0 Å². The Morgan fingerprint density at radius 3 is 2.95 bits per heavy atom. The van der Waals surface area contributed by atoms with Gasteiger partial charge in [-0.1, -0.05) is 23.7 Å². The Kier molecular flexibility index (Phi) is 3.96. The predicted octanol–water partition coefficient (Wildman–Crippen LogP) is 2.77. The van der Waals surface area contributed by atoms with Crippen LogP contribution in [0.1, 0.15) is 18.6 Å². The summed E-state index contributed by atoms with van der Waals surface area (Å²) in [5.74, 6) is 0.880. The largest absolute Gasteiger partial charge is 0.478 e. The van der Waals surface area contributed by atoms with E-state index in [1.165, 1.54) is 18.2 Å². The summed E-state index contributed by atoms with van der Waals surface area (Å²) < 4.78 is 10.2. The average molecular weight is 284 g/mol. The van der Waals surface area contributed by atoms with Gasteiger partial charge in [0.05, 0.1) is 4.92 Å². The molecule has 8 heteroatoms. The number of benzene rings is 1. The molecule has 7 nitrogen and oxygen atoms in total. The lowest BCUT2D eigenvalue weighted by Crippen LogP contribution is -2.00. The first kappa shape index (κ1) is 13.3. The van der Waals surface area contributed by atoms with Crippen molar-refractivity contribution in [2.24, 2.45) is 0 Å². The second-order valence-electron chi connectivity index (χ2n) is 3.62. The summed E-state index contributed by atoms with van der Waals surface area (Å²) >= 11 is 5.78. The Bertz CT molecular complexity index is 599. The lowest BCUT2D eigenvalue weighted by Gasteiger charge is -2.04. The fourth-order valence-electron chi connectivity index (χ4n) is 1.39. The van der Waals surface area contributed by atoms with Crippen molar-refractivity contribution in [3.8, 4) is 5.75 Å². The molecule has 0 radical (unpaired) electrons. The van der Waals surface area contributed by atoms with Gasteiger partial charge in [-0.2, -0.15) is 4.98 Å². The van der Waals surface area contributed by atoms with Crippen LogP contribution in [-0.2, 0) is 13.0 Å². The maximum Gasteiger partial charge on any atom is 0.311 e. The molecule has 0 bridgehead atoms. The topological polar surface area (TPSA) is 91.3 Å². The third-order valence-electron chi connectivity index (χ3n) is 2.29. The van der Waals surface area contributed by atoms with Crippen molar-refractivity contribution in [2.75, 3.05) is 0 Å². The predicted molar refractivity (Wildman–Crippen MR) is 66.1 cm³/mol. The Balaban J connectivity index is 2.14. The minimum absolute atomic E-state index is 0.0231. The number of hydrogen-bond donors (Lipinski definition) is 0. The number of nitrogens with zero attached hydrogens (tertiary/aromatic N) is 3. The Morgan fingerprint density at radius 1 is 1.53 bits per heavy atom. The summed E-state index contributed by atoms with van der Waals surface area (Å²) in [7, 11) is 0. The van der Waals surface area contributed by atoms with Gasteiger partial charge in [0.2, 0.25) is 11.7 Å². The molecule has 0 unspecified atom stereocenters. The number of nitro groups is 1. The molecule has 0 aliphatic carbocycles. The van der Waals surface area contributed by atoms with Crippen LogP contribution in [0.5, 0.6) is 5.75 Å². The Labute approximate surface area is 113 Å². The minimum atomic E-state index is -0.542. The first-order chi connectivity index (χ1) is 9.10. The molecule has 0 saturated heterocycles. The number of hydrogen-bond acceptors (Lipinski definition) is 6. The number of nitro benzene ring substituents is 1. The molecule has 0 aliphatic rings. The first-order valence-corrected chi connectivity index (χ1v) is 5.86. The van der Waals surface area contributed by atoms with Crippen molar-refractivity contribution in [3.63, 3.8) is 0 Å². The van der Waals surface area contributed by atoms with Crippen LogP contribution in [0.3, 0.4) is 0 Å². The van der Waals surface area contributed by atoms with Crippen LogP contribution in [0.2, 0.25) is 5.02 Å². The molecule has 0 N–H and O–H groups in total. The fraction of sp³-hybridized carbons (Fsp3) is 0.273. The molecule has 2 aromatic rings. The van der Waals surface area contributed by atoms with Crippen LogP contribution in [-0.4, -0.2) is 15.1 Å². The van der Waals surface area contributed by atoms with Crippen LogP contribution < -0.4 is 4.74 Å². The van der Waals surface area contributed by atoms with Gasteiger partial charge in [0.25, 0.3) is 0 Å². The van der Waals surface area contributed by atoms with Crippen LogP contribution in [0.15, 0.2) is 22.7 Å². The van der Waals surface area contributed by atoms with E-state index in [0.29, 0.717) is 23.2 Å². The Hall–Kier alpha value is -2.15. The standard InChI is InChI=1S/C11H10ClN3O4/c1-2-11-13-10(14-19-11)6-18-9-5-7(12)3-4-8(9)15(16)17/h3-5H,2,6H2,1H3. The molecule has 2 rings (SSSR count). The van der Waals surface area contributed by atoms with Crippen LogP contribution in [0.25, 0.3) is 0 Å². The molecule has 0 aliphatic heterocycles. The van der Waals surface area contributed by atoms with Gasteiger partial charge in [-0.3, -0.25) is 10.1 Å². The molecular formula is C11H10ClN3O4. The monoisotopic (exact) mass is 283 g/mol. The highest BCUT2D eigenvalue weighted by Gasteiger charge is 2.16. The average Bonchev–Trinajstić information content (AvgIpc) is 2.84. The number of aryl methyl sites for hydroxylation is 1. The normalized spacial score (nSPS) is 10.4. The van der Waals surface area contributed by atoms with Gasteiger partial charge in [-0.15, -0.1) is 0 Å². The van der Waals surface area contributed by atoms with E-state index in [-0.39, 0.29) is 18.0 Å². The summed E-state index contributed by atoms with van der Waals surface area (Å²) in [6.45, 7) is 1.85. The molecule has 100 valence electrons. The zero-order valence-corrected chi connectivity index (χ0v) is 10.8. The van der Waals surface area contributed by atoms with E-state index in [2.05, 4.69) is 10.1 Å². The molecule has 19 heavy (non-hydrogen) atoms. The van der Waals surface area contributed by atoms with Gasteiger partial charge in [0, 0.05) is 23.6 Å². The van der Waals surface area contributed by atoms with E-state index in [1.807, 2.05) is 6.92 Å². The van der Waals surface area contributed by atoms with E-state index < -0.39 is 4.92 Å². The van der Waals surface area contributed by atoms with Crippen molar-refractivity contribution in [3.05, 3.63) is 45.1 Å². The SMILES string of the molecule is CCc1nc(COc2cc(Cl)ccc2[N+](=O)[O-])no1. The fourth-order valence-corrected chi connectivity index (χ4v) is 1.55.